The molecule has 0 radical (unpaired) electrons. The molecule has 18 heavy (non-hydrogen) atoms. The van der Waals surface area contributed by atoms with Gasteiger partial charge in [-0.05, 0) is 12.8 Å². The highest BCUT2D eigenvalue weighted by Crippen LogP contribution is 2.01. The van der Waals surface area contributed by atoms with Gasteiger partial charge in [-0.1, -0.05) is 19.0 Å². The van der Waals surface area contributed by atoms with E-state index in [9.17, 15) is 9.59 Å². The van der Waals surface area contributed by atoms with E-state index in [1.54, 1.807) is 20.8 Å². The first-order chi connectivity index (χ1) is 8.40. The minimum Gasteiger partial charge on any atom is -0.480 e. The van der Waals surface area contributed by atoms with Crippen molar-refractivity contribution in [2.45, 2.75) is 33.4 Å². The van der Waals surface area contributed by atoms with E-state index in [2.05, 4.69) is 20.8 Å². The number of carbonyl (C=O) groups excluding carboxylic acids is 1. The Morgan fingerprint density at radius 1 is 1.44 bits per heavy atom. The molecule has 0 aliphatic carbocycles. The Labute approximate surface area is 104 Å². The summed E-state index contributed by atoms with van der Waals surface area (Å²) in [5, 5.41) is 17.3. The van der Waals surface area contributed by atoms with Crippen LogP contribution >= 0.6 is 0 Å². The molecule has 0 aliphatic heterocycles. The zero-order valence-electron chi connectivity index (χ0n) is 10.4. The number of aromatic nitrogens is 2. The largest absolute Gasteiger partial charge is 0.480 e. The molecule has 1 aromatic heterocycles. The van der Waals surface area contributed by atoms with Gasteiger partial charge in [0.15, 0.2) is 5.82 Å². The SMILES string of the molecule is Cc1noc(CNC(=O)N[C@H](C(=O)O)C(C)C)n1. The highest BCUT2D eigenvalue weighted by molar-refractivity contribution is 5.82. The van der Waals surface area contributed by atoms with E-state index in [0.29, 0.717) is 5.82 Å². The van der Waals surface area contributed by atoms with Crippen LogP contribution in [0.15, 0.2) is 4.52 Å². The second-order valence-corrected chi connectivity index (χ2v) is 4.12. The summed E-state index contributed by atoms with van der Waals surface area (Å²) in [7, 11) is 0. The first kappa shape index (κ1) is 13.9. The van der Waals surface area contributed by atoms with E-state index in [-0.39, 0.29) is 18.4 Å². The molecule has 0 bridgehead atoms. The number of nitrogens with zero attached hydrogens (tertiary/aromatic N) is 2. The molecule has 0 saturated carbocycles. The fraction of sp³-hybridized carbons (Fsp3) is 0.600. The van der Waals surface area contributed by atoms with Crippen LogP contribution in [0.1, 0.15) is 25.6 Å². The van der Waals surface area contributed by atoms with Crippen molar-refractivity contribution in [3.63, 3.8) is 0 Å². The maximum atomic E-state index is 11.5. The number of rotatable bonds is 5. The van der Waals surface area contributed by atoms with Crippen LogP contribution in [0.5, 0.6) is 0 Å². The van der Waals surface area contributed by atoms with Gasteiger partial charge in [-0.15, -0.1) is 0 Å². The number of aliphatic carboxylic acids is 1. The maximum Gasteiger partial charge on any atom is 0.326 e. The third-order valence-corrected chi connectivity index (χ3v) is 2.19. The van der Waals surface area contributed by atoms with Gasteiger partial charge >= 0.3 is 12.0 Å². The van der Waals surface area contributed by atoms with E-state index < -0.39 is 18.0 Å². The van der Waals surface area contributed by atoms with Crippen molar-refractivity contribution in [1.82, 2.24) is 20.8 Å². The van der Waals surface area contributed by atoms with Gasteiger partial charge in [0.25, 0.3) is 0 Å². The number of hydrogen-bond acceptors (Lipinski definition) is 5. The predicted octanol–water partition coefficient (Wildman–Crippen LogP) is 0.286. The number of urea groups is 1. The minimum absolute atomic E-state index is 0.0527. The Morgan fingerprint density at radius 2 is 2.11 bits per heavy atom. The van der Waals surface area contributed by atoms with Crippen LogP contribution in [-0.2, 0) is 11.3 Å². The lowest BCUT2D eigenvalue weighted by Gasteiger charge is -2.17. The Morgan fingerprint density at radius 3 is 2.56 bits per heavy atom. The van der Waals surface area contributed by atoms with E-state index >= 15 is 0 Å². The summed E-state index contributed by atoms with van der Waals surface area (Å²) >= 11 is 0. The standard InChI is InChI=1S/C10H16N4O4/c1-5(2)8(9(15)16)13-10(17)11-4-7-12-6(3)14-18-7/h5,8H,4H2,1-3H3,(H,15,16)(H2,11,13,17)/t8-/m0/s1. The number of amides is 2. The third-order valence-electron chi connectivity index (χ3n) is 2.19. The van der Waals surface area contributed by atoms with Crippen molar-refractivity contribution in [3.05, 3.63) is 11.7 Å². The number of carbonyl (C=O) groups is 2. The van der Waals surface area contributed by atoms with Crippen LogP contribution in [0.2, 0.25) is 0 Å². The highest BCUT2D eigenvalue weighted by Gasteiger charge is 2.23. The number of nitrogens with one attached hydrogen (secondary N) is 2. The second-order valence-electron chi connectivity index (χ2n) is 4.12. The number of carboxylic acid groups (broad SMARTS) is 1. The first-order valence-electron chi connectivity index (χ1n) is 5.46. The molecule has 0 spiro atoms. The summed E-state index contributed by atoms with van der Waals surface area (Å²) in [6.07, 6.45) is 0. The molecular weight excluding hydrogens is 240 g/mol. The molecule has 8 nitrogen and oxygen atoms in total. The molecule has 0 fully saturated rings. The Kier molecular flexibility index (Phi) is 4.64. The molecule has 3 N–H and O–H groups in total. The Bertz CT molecular complexity index is 429. The van der Waals surface area contributed by atoms with Crippen LogP contribution in [0.25, 0.3) is 0 Å². The van der Waals surface area contributed by atoms with E-state index in [1.165, 1.54) is 0 Å². The molecule has 1 atom stereocenters. The van der Waals surface area contributed by atoms with Crippen molar-refractivity contribution in [2.24, 2.45) is 5.92 Å². The predicted molar refractivity (Wildman–Crippen MR) is 60.7 cm³/mol. The van der Waals surface area contributed by atoms with Gasteiger partial charge < -0.3 is 20.3 Å². The summed E-state index contributed by atoms with van der Waals surface area (Å²) in [5.41, 5.74) is 0. The van der Waals surface area contributed by atoms with E-state index in [4.69, 9.17) is 9.63 Å². The van der Waals surface area contributed by atoms with Crippen LogP contribution in [-0.4, -0.2) is 33.3 Å². The third kappa shape index (κ3) is 4.04. The molecule has 0 unspecified atom stereocenters. The lowest BCUT2D eigenvalue weighted by atomic mass is 10.1. The summed E-state index contributed by atoms with van der Waals surface area (Å²) in [4.78, 5) is 26.2. The minimum atomic E-state index is -1.08. The fourth-order valence-electron chi connectivity index (χ4n) is 1.27. The van der Waals surface area contributed by atoms with Crippen LogP contribution < -0.4 is 10.6 Å². The zero-order chi connectivity index (χ0) is 13.7. The molecule has 100 valence electrons. The summed E-state index contributed by atoms with van der Waals surface area (Å²) in [5.74, 6) is -0.551. The molecule has 1 aromatic rings. The normalized spacial score (nSPS) is 12.2. The molecule has 1 rings (SSSR count). The number of hydrogen-bond donors (Lipinski definition) is 3. The molecule has 2 amide bonds. The van der Waals surface area contributed by atoms with Crippen LogP contribution in [0.4, 0.5) is 4.79 Å². The summed E-state index contributed by atoms with van der Waals surface area (Å²) < 4.78 is 4.79. The second kappa shape index (κ2) is 5.99. The molecule has 0 aromatic carbocycles. The van der Waals surface area contributed by atoms with Gasteiger partial charge in [-0.2, -0.15) is 4.98 Å². The maximum absolute atomic E-state index is 11.5. The molecular formula is C10H16N4O4. The zero-order valence-corrected chi connectivity index (χ0v) is 10.4. The van der Waals surface area contributed by atoms with Crippen molar-refractivity contribution in [3.8, 4) is 0 Å². The Balaban J connectivity index is 2.43. The monoisotopic (exact) mass is 256 g/mol. The first-order valence-corrected chi connectivity index (χ1v) is 5.46. The molecule has 0 aliphatic rings. The molecule has 8 heteroatoms. The fourth-order valence-corrected chi connectivity index (χ4v) is 1.27. The summed E-state index contributed by atoms with van der Waals surface area (Å²) in [6, 6.07) is -1.53. The van der Waals surface area contributed by atoms with E-state index in [0.717, 1.165) is 0 Å². The molecule has 0 saturated heterocycles. The summed E-state index contributed by atoms with van der Waals surface area (Å²) in [6.45, 7) is 5.13. The van der Waals surface area contributed by atoms with E-state index in [1.807, 2.05) is 0 Å². The Hall–Kier alpha value is -2.12. The molecule has 1 heterocycles. The van der Waals surface area contributed by atoms with Crippen molar-refractivity contribution in [2.75, 3.05) is 0 Å². The van der Waals surface area contributed by atoms with Gasteiger partial charge in [0, 0.05) is 0 Å². The topological polar surface area (TPSA) is 117 Å². The lowest BCUT2D eigenvalue weighted by molar-refractivity contribution is -0.140. The number of aryl methyl sites for hydroxylation is 1. The van der Waals surface area contributed by atoms with Gasteiger partial charge in [0.1, 0.15) is 6.04 Å². The number of carboxylic acids is 1. The van der Waals surface area contributed by atoms with Gasteiger partial charge in [0.05, 0.1) is 6.54 Å². The van der Waals surface area contributed by atoms with Gasteiger partial charge in [0.2, 0.25) is 5.89 Å². The van der Waals surface area contributed by atoms with Gasteiger partial charge in [-0.25, -0.2) is 9.59 Å². The highest BCUT2D eigenvalue weighted by atomic mass is 16.5. The van der Waals surface area contributed by atoms with Crippen molar-refractivity contribution < 1.29 is 19.2 Å². The quantitative estimate of drug-likeness (QED) is 0.696. The van der Waals surface area contributed by atoms with Crippen molar-refractivity contribution in [1.29, 1.82) is 0 Å². The lowest BCUT2D eigenvalue weighted by Crippen LogP contribution is -2.48. The average Bonchev–Trinajstić information content (AvgIpc) is 2.68. The van der Waals surface area contributed by atoms with Crippen molar-refractivity contribution >= 4 is 12.0 Å². The van der Waals surface area contributed by atoms with Crippen LogP contribution in [0, 0.1) is 12.8 Å². The average molecular weight is 256 g/mol. The van der Waals surface area contributed by atoms with Gasteiger partial charge in [-0.3, -0.25) is 0 Å². The smallest absolute Gasteiger partial charge is 0.326 e. The van der Waals surface area contributed by atoms with Crippen LogP contribution in [0.3, 0.4) is 0 Å².